The van der Waals surface area contributed by atoms with E-state index in [-0.39, 0.29) is 13.2 Å². The lowest BCUT2D eigenvalue weighted by Crippen LogP contribution is -2.75. The Kier molecular flexibility index (Phi) is 8.70. The van der Waals surface area contributed by atoms with Gasteiger partial charge in [-0.2, -0.15) is 0 Å². The van der Waals surface area contributed by atoms with Crippen LogP contribution in [0.25, 0.3) is 0 Å². The summed E-state index contributed by atoms with van der Waals surface area (Å²) in [5, 5.41) is 12.3. The van der Waals surface area contributed by atoms with Crippen molar-refractivity contribution in [1.29, 1.82) is 0 Å². The molecular weight excluding hydrogens is 512 g/mol. The SMILES string of the molecule is CO[C@@]1(C)O[C@H]2[C@H](O[C@]1(C)OC)[C@H](OCc1ccccc1)C(O)(c1ccccc1)O[C@@H]2COCc1ccccc1. The van der Waals surface area contributed by atoms with E-state index in [1.807, 2.05) is 78.9 Å². The Morgan fingerprint density at radius 2 is 1.18 bits per heavy atom. The molecule has 5 rings (SSSR count). The zero-order valence-electron chi connectivity index (χ0n) is 23.4. The van der Waals surface area contributed by atoms with Crippen molar-refractivity contribution >= 4 is 0 Å². The average Bonchev–Trinajstić information content (AvgIpc) is 2.99. The van der Waals surface area contributed by atoms with Crippen molar-refractivity contribution in [1.82, 2.24) is 0 Å². The van der Waals surface area contributed by atoms with E-state index in [2.05, 4.69) is 0 Å². The van der Waals surface area contributed by atoms with Gasteiger partial charge in [0.05, 0.1) is 19.8 Å². The predicted octanol–water partition coefficient (Wildman–Crippen LogP) is 4.54. The van der Waals surface area contributed by atoms with Gasteiger partial charge in [-0.25, -0.2) is 0 Å². The number of hydrogen-bond donors (Lipinski definition) is 1. The molecule has 0 aliphatic carbocycles. The number of benzene rings is 3. The summed E-state index contributed by atoms with van der Waals surface area (Å²) in [5.41, 5.74) is 2.49. The zero-order chi connectivity index (χ0) is 28.2. The molecule has 0 saturated carbocycles. The second-order valence-corrected chi connectivity index (χ2v) is 10.4. The fourth-order valence-electron chi connectivity index (χ4n) is 5.32. The maximum Gasteiger partial charge on any atom is 0.222 e. The van der Waals surface area contributed by atoms with Crippen LogP contribution in [0.3, 0.4) is 0 Å². The molecule has 2 aliphatic rings. The van der Waals surface area contributed by atoms with E-state index in [1.54, 1.807) is 26.0 Å². The van der Waals surface area contributed by atoms with E-state index in [0.717, 1.165) is 11.1 Å². The van der Waals surface area contributed by atoms with Crippen LogP contribution in [0.2, 0.25) is 0 Å². The minimum absolute atomic E-state index is 0.128. The van der Waals surface area contributed by atoms with Crippen molar-refractivity contribution in [3.05, 3.63) is 108 Å². The van der Waals surface area contributed by atoms with Gasteiger partial charge in [0, 0.05) is 19.8 Å². The smallest absolute Gasteiger partial charge is 0.222 e. The molecule has 8 nitrogen and oxygen atoms in total. The third kappa shape index (κ3) is 5.59. The molecule has 214 valence electrons. The van der Waals surface area contributed by atoms with Gasteiger partial charge in [-0.15, -0.1) is 0 Å². The lowest BCUT2D eigenvalue weighted by atomic mass is 9.85. The van der Waals surface area contributed by atoms with Crippen LogP contribution in [0.4, 0.5) is 0 Å². The van der Waals surface area contributed by atoms with Crippen molar-refractivity contribution in [2.45, 2.75) is 68.8 Å². The highest BCUT2D eigenvalue weighted by Gasteiger charge is 2.66. The third-order valence-electron chi connectivity index (χ3n) is 7.88. The first kappa shape index (κ1) is 28.9. The van der Waals surface area contributed by atoms with E-state index < -0.39 is 41.8 Å². The maximum atomic E-state index is 12.3. The summed E-state index contributed by atoms with van der Waals surface area (Å²) in [6, 6.07) is 28.8. The predicted molar refractivity (Wildman–Crippen MR) is 147 cm³/mol. The fourth-order valence-corrected chi connectivity index (χ4v) is 5.32. The first-order valence-electron chi connectivity index (χ1n) is 13.5. The molecule has 3 aromatic carbocycles. The lowest BCUT2D eigenvalue weighted by Gasteiger charge is -2.59. The second-order valence-electron chi connectivity index (χ2n) is 10.4. The van der Waals surface area contributed by atoms with Crippen LogP contribution in [-0.2, 0) is 52.2 Å². The summed E-state index contributed by atoms with van der Waals surface area (Å²) in [5.74, 6) is -4.48. The Bertz CT molecular complexity index is 1210. The summed E-state index contributed by atoms with van der Waals surface area (Å²) in [7, 11) is 3.07. The Labute approximate surface area is 235 Å². The first-order chi connectivity index (χ1) is 19.3. The average molecular weight is 551 g/mol. The summed E-state index contributed by atoms with van der Waals surface area (Å²) in [6.45, 7) is 4.22. The van der Waals surface area contributed by atoms with E-state index in [4.69, 9.17) is 33.2 Å². The standard InChI is InChI=1S/C32H38O8/c1-30(34-3)31(2,35-4)40-28-27(39-30)26(22-36-20-23-14-8-5-9-15-23)38-32(33,25-18-12-7-13-19-25)29(28)37-21-24-16-10-6-11-17-24/h5-19,26-29,33H,20-22H2,1-4H3/t26-,27-,28+,29+,30+,31+,32?/m1/s1. The van der Waals surface area contributed by atoms with Crippen LogP contribution < -0.4 is 0 Å². The summed E-state index contributed by atoms with van der Waals surface area (Å²) >= 11 is 0. The normalized spacial score (nSPS) is 33.8. The van der Waals surface area contributed by atoms with E-state index in [1.165, 1.54) is 14.2 Å². The molecule has 0 spiro atoms. The van der Waals surface area contributed by atoms with Crippen molar-refractivity contribution in [3.63, 3.8) is 0 Å². The maximum absolute atomic E-state index is 12.3. The van der Waals surface area contributed by atoms with Gasteiger partial charge in [0.25, 0.3) is 0 Å². The molecule has 1 N–H and O–H groups in total. The van der Waals surface area contributed by atoms with E-state index >= 15 is 0 Å². The number of fused-ring (bicyclic) bond motifs is 1. The second kappa shape index (κ2) is 12.1. The van der Waals surface area contributed by atoms with Crippen molar-refractivity contribution in [2.24, 2.45) is 0 Å². The highest BCUT2D eigenvalue weighted by atomic mass is 16.8. The molecule has 0 bridgehead atoms. The summed E-state index contributed by atoms with van der Waals surface area (Å²) < 4.78 is 43.9. The molecular formula is C32H38O8. The molecule has 0 amide bonds. The van der Waals surface area contributed by atoms with Gasteiger partial charge in [-0.1, -0.05) is 91.0 Å². The molecule has 2 fully saturated rings. The highest BCUT2D eigenvalue weighted by molar-refractivity contribution is 5.24. The topological polar surface area (TPSA) is 84.8 Å². The molecule has 0 radical (unpaired) electrons. The fraction of sp³-hybridized carbons (Fsp3) is 0.438. The van der Waals surface area contributed by atoms with Crippen molar-refractivity contribution < 1.29 is 38.3 Å². The number of rotatable bonds is 10. The molecule has 3 aromatic rings. The summed E-state index contributed by atoms with van der Waals surface area (Å²) in [6.07, 6.45) is -3.23. The third-order valence-corrected chi connectivity index (χ3v) is 7.88. The van der Waals surface area contributed by atoms with Gasteiger partial charge >= 0.3 is 0 Å². The Morgan fingerprint density at radius 1 is 0.675 bits per heavy atom. The van der Waals surface area contributed by atoms with Gasteiger partial charge in [-0.05, 0) is 25.0 Å². The largest absolute Gasteiger partial charge is 0.374 e. The van der Waals surface area contributed by atoms with E-state index in [0.29, 0.717) is 12.2 Å². The van der Waals surface area contributed by atoms with Crippen LogP contribution in [0.5, 0.6) is 0 Å². The van der Waals surface area contributed by atoms with Crippen LogP contribution >= 0.6 is 0 Å². The van der Waals surface area contributed by atoms with E-state index in [9.17, 15) is 5.11 Å². The minimum Gasteiger partial charge on any atom is -0.374 e. The van der Waals surface area contributed by atoms with Crippen molar-refractivity contribution in [2.75, 3.05) is 20.8 Å². The molecule has 0 aromatic heterocycles. The quantitative estimate of drug-likeness (QED) is 0.394. The molecule has 1 unspecified atom stereocenters. The number of hydrogen-bond acceptors (Lipinski definition) is 8. The molecule has 2 saturated heterocycles. The van der Waals surface area contributed by atoms with Gasteiger partial charge in [0.15, 0.2) is 0 Å². The Hall–Kier alpha value is -2.66. The molecule has 7 atom stereocenters. The van der Waals surface area contributed by atoms with Crippen LogP contribution in [0.1, 0.15) is 30.5 Å². The van der Waals surface area contributed by atoms with Crippen molar-refractivity contribution in [3.8, 4) is 0 Å². The number of aliphatic hydroxyl groups is 1. The molecule has 40 heavy (non-hydrogen) atoms. The Morgan fingerprint density at radius 3 is 1.73 bits per heavy atom. The van der Waals surface area contributed by atoms with Gasteiger partial charge in [-0.3, -0.25) is 0 Å². The molecule has 2 heterocycles. The number of ether oxygens (including phenoxy) is 7. The molecule has 2 aliphatic heterocycles. The minimum atomic E-state index is -1.88. The molecule has 8 heteroatoms. The zero-order valence-corrected chi connectivity index (χ0v) is 23.4. The highest BCUT2D eigenvalue weighted by Crippen LogP contribution is 2.48. The van der Waals surface area contributed by atoms with Gasteiger partial charge in [0.1, 0.15) is 24.4 Å². The monoisotopic (exact) mass is 550 g/mol. The van der Waals surface area contributed by atoms with Crippen LogP contribution in [0.15, 0.2) is 91.0 Å². The summed E-state index contributed by atoms with van der Waals surface area (Å²) in [4.78, 5) is 0. The number of methoxy groups -OCH3 is 2. The van der Waals surface area contributed by atoms with Crippen LogP contribution in [0, 0.1) is 0 Å². The van der Waals surface area contributed by atoms with Crippen LogP contribution in [-0.4, -0.2) is 61.9 Å². The van der Waals surface area contributed by atoms with Gasteiger partial charge in [0.2, 0.25) is 17.4 Å². The van der Waals surface area contributed by atoms with Gasteiger partial charge < -0.3 is 38.3 Å². The Balaban J connectivity index is 1.51. The lowest BCUT2D eigenvalue weighted by molar-refractivity contribution is -0.494. The first-order valence-corrected chi connectivity index (χ1v) is 13.5.